The number of nitrogens with one attached hydrogen (secondary N) is 1. The van der Waals surface area contributed by atoms with Gasteiger partial charge in [0.1, 0.15) is 12.6 Å². The van der Waals surface area contributed by atoms with Crippen LogP contribution in [-0.2, 0) is 26.2 Å². The number of likely N-dealkylation sites (N-methyl/N-ethyl adjacent to an activating group) is 1. The fraction of sp³-hybridized carbons (Fsp3) is 0.259. The molecule has 0 aliphatic carbocycles. The maximum atomic E-state index is 13.8. The SMILES string of the molecule is CCNC(=O)[C@@H](C)N(Cc1ccc(Br)cc1)C(=O)CN(c1cc(Cl)ccc1Cl)S(=O)(=O)c1ccc(C)cc1. The van der Waals surface area contributed by atoms with Gasteiger partial charge < -0.3 is 10.2 Å². The molecule has 11 heteroatoms. The van der Waals surface area contributed by atoms with Crippen molar-refractivity contribution in [3.63, 3.8) is 0 Å². The molecule has 0 fully saturated rings. The number of benzene rings is 3. The maximum absolute atomic E-state index is 13.8. The molecule has 0 aliphatic heterocycles. The number of halogens is 3. The van der Waals surface area contributed by atoms with E-state index >= 15 is 0 Å². The quantitative estimate of drug-likeness (QED) is 0.303. The molecule has 0 unspecified atom stereocenters. The molecule has 0 saturated carbocycles. The average Bonchev–Trinajstić information content (AvgIpc) is 2.88. The third-order valence-corrected chi connectivity index (χ3v) is 8.71. The Morgan fingerprint density at radius 1 is 1.00 bits per heavy atom. The van der Waals surface area contributed by atoms with Crippen molar-refractivity contribution >= 4 is 66.7 Å². The van der Waals surface area contributed by atoms with Gasteiger partial charge in [-0.2, -0.15) is 0 Å². The summed E-state index contributed by atoms with van der Waals surface area (Å²) < 4.78 is 29.5. The number of aryl methyl sites for hydroxylation is 1. The Labute approximate surface area is 241 Å². The molecule has 0 spiro atoms. The van der Waals surface area contributed by atoms with Crippen molar-refractivity contribution in [3.8, 4) is 0 Å². The predicted molar refractivity (Wildman–Crippen MR) is 155 cm³/mol. The minimum Gasteiger partial charge on any atom is -0.355 e. The molecule has 0 aromatic heterocycles. The van der Waals surface area contributed by atoms with Crippen LogP contribution in [0.2, 0.25) is 10.0 Å². The lowest BCUT2D eigenvalue weighted by Gasteiger charge is -2.32. The van der Waals surface area contributed by atoms with Crippen LogP contribution in [0.15, 0.2) is 76.1 Å². The second kappa shape index (κ2) is 13.0. The molecule has 3 aromatic rings. The summed E-state index contributed by atoms with van der Waals surface area (Å²) in [5.41, 5.74) is 1.71. The van der Waals surface area contributed by atoms with Gasteiger partial charge in [-0.15, -0.1) is 0 Å². The van der Waals surface area contributed by atoms with Crippen molar-refractivity contribution in [2.45, 2.75) is 38.3 Å². The summed E-state index contributed by atoms with van der Waals surface area (Å²) in [7, 11) is -4.24. The standard InChI is InChI=1S/C27H28BrCl2N3O4S/c1-4-31-27(35)19(3)32(16-20-7-9-21(28)10-8-20)26(34)17-33(25-15-22(29)11-14-24(25)30)38(36,37)23-12-5-18(2)6-13-23/h5-15,19H,4,16-17H2,1-3H3,(H,31,35)/t19-/m1/s1. The zero-order chi connectivity index (χ0) is 28.0. The first-order valence-electron chi connectivity index (χ1n) is 11.8. The van der Waals surface area contributed by atoms with Crippen LogP contribution in [0.5, 0.6) is 0 Å². The minimum absolute atomic E-state index is 0.0109. The third kappa shape index (κ3) is 7.28. The van der Waals surface area contributed by atoms with Gasteiger partial charge >= 0.3 is 0 Å². The van der Waals surface area contributed by atoms with Crippen LogP contribution in [0.3, 0.4) is 0 Å². The normalized spacial score (nSPS) is 12.1. The van der Waals surface area contributed by atoms with E-state index in [1.165, 1.54) is 35.2 Å². The van der Waals surface area contributed by atoms with Crippen molar-refractivity contribution in [3.05, 3.63) is 92.4 Å². The summed E-state index contributed by atoms with van der Waals surface area (Å²) in [6, 6.07) is 17.1. The van der Waals surface area contributed by atoms with E-state index in [0.29, 0.717) is 6.54 Å². The van der Waals surface area contributed by atoms with Crippen LogP contribution >= 0.6 is 39.1 Å². The number of rotatable bonds is 10. The van der Waals surface area contributed by atoms with Crippen LogP contribution < -0.4 is 9.62 Å². The highest BCUT2D eigenvalue weighted by Crippen LogP contribution is 2.33. The summed E-state index contributed by atoms with van der Waals surface area (Å²) in [6.07, 6.45) is 0. The lowest BCUT2D eigenvalue weighted by atomic mass is 10.1. The number of carbonyl (C=O) groups is 2. The number of nitrogens with zero attached hydrogens (tertiary/aromatic N) is 2. The van der Waals surface area contributed by atoms with E-state index in [4.69, 9.17) is 23.2 Å². The van der Waals surface area contributed by atoms with Gasteiger partial charge in [-0.05, 0) is 68.8 Å². The Morgan fingerprint density at radius 3 is 2.24 bits per heavy atom. The molecular weight excluding hydrogens is 613 g/mol. The average molecular weight is 641 g/mol. The molecule has 1 N–H and O–H groups in total. The van der Waals surface area contributed by atoms with Crippen LogP contribution in [-0.4, -0.2) is 44.3 Å². The number of hydrogen-bond acceptors (Lipinski definition) is 4. The largest absolute Gasteiger partial charge is 0.355 e. The fourth-order valence-corrected chi connectivity index (χ4v) is 5.84. The van der Waals surface area contributed by atoms with E-state index in [2.05, 4.69) is 21.2 Å². The first-order chi connectivity index (χ1) is 17.9. The molecule has 2 amide bonds. The summed E-state index contributed by atoms with van der Waals surface area (Å²) in [4.78, 5) is 27.9. The second-order valence-corrected chi connectivity index (χ2v) is 12.3. The van der Waals surface area contributed by atoms with Gasteiger partial charge in [-0.1, -0.05) is 69.0 Å². The van der Waals surface area contributed by atoms with Crippen molar-refractivity contribution in [1.82, 2.24) is 10.2 Å². The molecule has 38 heavy (non-hydrogen) atoms. The third-order valence-electron chi connectivity index (χ3n) is 5.85. The fourth-order valence-electron chi connectivity index (χ4n) is 3.72. The van der Waals surface area contributed by atoms with E-state index in [0.717, 1.165) is 19.9 Å². The van der Waals surface area contributed by atoms with Gasteiger partial charge in [-0.3, -0.25) is 13.9 Å². The number of carbonyl (C=O) groups excluding carboxylic acids is 2. The van der Waals surface area contributed by atoms with Gasteiger partial charge in [0, 0.05) is 22.6 Å². The molecule has 0 aliphatic rings. The number of hydrogen-bond donors (Lipinski definition) is 1. The molecule has 0 heterocycles. The zero-order valence-electron chi connectivity index (χ0n) is 21.1. The van der Waals surface area contributed by atoms with Crippen LogP contribution in [0.4, 0.5) is 5.69 Å². The Morgan fingerprint density at radius 2 is 1.63 bits per heavy atom. The molecule has 7 nitrogen and oxygen atoms in total. The number of sulfonamides is 1. The van der Waals surface area contributed by atoms with Crippen LogP contribution in [0.25, 0.3) is 0 Å². The molecule has 3 aromatic carbocycles. The van der Waals surface area contributed by atoms with E-state index < -0.39 is 28.5 Å². The first kappa shape index (κ1) is 30.0. The van der Waals surface area contributed by atoms with Gasteiger partial charge in [0.05, 0.1) is 15.6 Å². The summed E-state index contributed by atoms with van der Waals surface area (Å²) in [6.45, 7) is 5.10. The first-order valence-corrected chi connectivity index (χ1v) is 14.8. The monoisotopic (exact) mass is 639 g/mol. The summed E-state index contributed by atoms with van der Waals surface area (Å²) >= 11 is 16.0. The molecule has 0 radical (unpaired) electrons. The Balaban J connectivity index is 2.07. The van der Waals surface area contributed by atoms with Crippen molar-refractivity contribution in [1.29, 1.82) is 0 Å². The Kier molecular flexibility index (Phi) is 10.2. The second-order valence-electron chi connectivity index (χ2n) is 8.64. The van der Waals surface area contributed by atoms with E-state index in [1.807, 2.05) is 31.2 Å². The molecule has 202 valence electrons. The van der Waals surface area contributed by atoms with Crippen LogP contribution in [0.1, 0.15) is 25.0 Å². The van der Waals surface area contributed by atoms with E-state index in [9.17, 15) is 18.0 Å². The molecular formula is C27H28BrCl2N3O4S. The maximum Gasteiger partial charge on any atom is 0.264 e. The predicted octanol–water partition coefficient (Wildman–Crippen LogP) is 5.81. The number of amides is 2. The van der Waals surface area contributed by atoms with Crippen molar-refractivity contribution in [2.75, 3.05) is 17.4 Å². The molecule has 3 rings (SSSR count). The molecule has 0 saturated heterocycles. The van der Waals surface area contributed by atoms with Gasteiger partial charge in [0.2, 0.25) is 11.8 Å². The highest BCUT2D eigenvalue weighted by Gasteiger charge is 2.33. The number of anilines is 1. The topological polar surface area (TPSA) is 86.8 Å². The van der Waals surface area contributed by atoms with Gasteiger partial charge in [0.25, 0.3) is 10.0 Å². The smallest absolute Gasteiger partial charge is 0.264 e. The lowest BCUT2D eigenvalue weighted by Crippen LogP contribution is -2.51. The van der Waals surface area contributed by atoms with Gasteiger partial charge in [0.15, 0.2) is 0 Å². The molecule has 0 bridgehead atoms. The summed E-state index contributed by atoms with van der Waals surface area (Å²) in [5.74, 6) is -0.940. The zero-order valence-corrected chi connectivity index (χ0v) is 25.0. The highest BCUT2D eigenvalue weighted by molar-refractivity contribution is 9.10. The molecule has 1 atom stereocenters. The van der Waals surface area contributed by atoms with Gasteiger partial charge in [-0.25, -0.2) is 8.42 Å². The lowest BCUT2D eigenvalue weighted by molar-refractivity contribution is -0.139. The van der Waals surface area contributed by atoms with E-state index in [-0.39, 0.29) is 33.1 Å². The van der Waals surface area contributed by atoms with E-state index in [1.54, 1.807) is 26.0 Å². The Hall–Kier alpha value is -2.59. The van der Waals surface area contributed by atoms with Crippen LogP contribution in [0, 0.1) is 6.92 Å². The minimum atomic E-state index is -4.24. The summed E-state index contributed by atoms with van der Waals surface area (Å²) in [5, 5.41) is 3.09. The van der Waals surface area contributed by atoms with Crippen molar-refractivity contribution in [2.24, 2.45) is 0 Å². The Bertz CT molecular complexity index is 1400. The van der Waals surface area contributed by atoms with Crippen molar-refractivity contribution < 1.29 is 18.0 Å². The highest BCUT2D eigenvalue weighted by atomic mass is 79.9.